The number of hydrogen-bond acceptors (Lipinski definition) is 5. The first-order valence-electron chi connectivity index (χ1n) is 10.6. The predicted molar refractivity (Wildman–Crippen MR) is 122 cm³/mol. The van der Waals surface area contributed by atoms with Crippen molar-refractivity contribution in [3.05, 3.63) is 70.7 Å². The van der Waals surface area contributed by atoms with E-state index in [0.29, 0.717) is 43.2 Å². The molecule has 1 fully saturated rings. The van der Waals surface area contributed by atoms with E-state index in [2.05, 4.69) is 39.9 Å². The van der Waals surface area contributed by atoms with Crippen molar-refractivity contribution in [1.82, 2.24) is 19.4 Å². The van der Waals surface area contributed by atoms with Crippen molar-refractivity contribution < 1.29 is 9.59 Å². The number of nitrogens with zero attached hydrogens (tertiary/aromatic N) is 4. The van der Waals surface area contributed by atoms with Crippen LogP contribution >= 0.6 is 11.5 Å². The first-order valence-corrected chi connectivity index (χ1v) is 11.4. The van der Waals surface area contributed by atoms with Crippen LogP contribution in [0.1, 0.15) is 27.9 Å². The summed E-state index contributed by atoms with van der Waals surface area (Å²) in [6.45, 7) is 5.90. The normalized spacial score (nSPS) is 17.0. The third-order valence-electron chi connectivity index (χ3n) is 5.77. The third-order valence-corrected chi connectivity index (χ3v) is 6.59. The van der Waals surface area contributed by atoms with Crippen molar-refractivity contribution in [3.63, 3.8) is 0 Å². The average Bonchev–Trinajstić information content (AvgIpc) is 3.16. The van der Waals surface area contributed by atoms with Gasteiger partial charge in [0.15, 0.2) is 0 Å². The van der Waals surface area contributed by atoms with E-state index in [0.717, 1.165) is 28.2 Å². The highest BCUT2D eigenvalue weighted by Crippen LogP contribution is 2.24. The Bertz CT molecular complexity index is 1070. The zero-order chi connectivity index (χ0) is 21.8. The van der Waals surface area contributed by atoms with Gasteiger partial charge in [0, 0.05) is 26.2 Å². The first-order chi connectivity index (χ1) is 15.1. The molecule has 2 amide bonds. The second-order valence-electron chi connectivity index (χ2n) is 7.82. The molecule has 2 heterocycles. The van der Waals surface area contributed by atoms with Gasteiger partial charge < -0.3 is 9.80 Å². The Morgan fingerprint density at radius 3 is 2.58 bits per heavy atom. The van der Waals surface area contributed by atoms with Gasteiger partial charge in [-0.05, 0) is 48.5 Å². The number of benzene rings is 2. The molecular formula is C24H26N4O2S. The number of amides is 2. The zero-order valence-electron chi connectivity index (χ0n) is 17.8. The Labute approximate surface area is 186 Å². The van der Waals surface area contributed by atoms with Crippen LogP contribution in [0.3, 0.4) is 0 Å². The molecular weight excluding hydrogens is 408 g/mol. The molecule has 6 nitrogen and oxygen atoms in total. The summed E-state index contributed by atoms with van der Waals surface area (Å²) in [5, 5.41) is 3.97. The van der Waals surface area contributed by atoms with Crippen molar-refractivity contribution in [2.75, 3.05) is 26.2 Å². The van der Waals surface area contributed by atoms with Crippen LogP contribution in [-0.2, 0) is 11.2 Å². The second-order valence-corrected chi connectivity index (χ2v) is 8.58. The maximum absolute atomic E-state index is 13.2. The summed E-state index contributed by atoms with van der Waals surface area (Å²) in [5.41, 5.74) is 4.02. The smallest absolute Gasteiger partial charge is 0.267 e. The Morgan fingerprint density at radius 2 is 1.87 bits per heavy atom. The summed E-state index contributed by atoms with van der Waals surface area (Å²) in [4.78, 5) is 30.5. The van der Waals surface area contributed by atoms with Crippen LogP contribution in [0.2, 0.25) is 0 Å². The molecule has 7 heteroatoms. The molecule has 2 aromatic carbocycles. The summed E-state index contributed by atoms with van der Waals surface area (Å²) in [5.74, 6) is -0.248. The van der Waals surface area contributed by atoms with Crippen LogP contribution in [0.25, 0.3) is 11.1 Å². The summed E-state index contributed by atoms with van der Waals surface area (Å²) in [6.07, 6.45) is 0.597. The maximum atomic E-state index is 13.2. The lowest BCUT2D eigenvalue weighted by Crippen LogP contribution is -2.37. The molecule has 3 aromatic rings. The molecule has 0 saturated carbocycles. The number of hydrogen-bond donors (Lipinski definition) is 0. The monoisotopic (exact) mass is 434 g/mol. The molecule has 31 heavy (non-hydrogen) atoms. The molecule has 1 aliphatic heterocycles. The van der Waals surface area contributed by atoms with Gasteiger partial charge in [-0.1, -0.05) is 59.1 Å². The zero-order valence-corrected chi connectivity index (χ0v) is 18.6. The molecule has 1 unspecified atom stereocenters. The van der Waals surface area contributed by atoms with Crippen LogP contribution in [0.15, 0.2) is 54.6 Å². The number of rotatable bonds is 5. The Morgan fingerprint density at radius 1 is 1.10 bits per heavy atom. The highest BCUT2D eigenvalue weighted by molar-refractivity contribution is 7.07. The van der Waals surface area contributed by atoms with Gasteiger partial charge in [-0.25, -0.2) is 0 Å². The lowest BCUT2D eigenvalue weighted by Gasteiger charge is -2.23. The molecule has 0 N–H and O–H groups in total. The molecule has 1 aliphatic rings. The van der Waals surface area contributed by atoms with Gasteiger partial charge in [0.25, 0.3) is 5.91 Å². The maximum Gasteiger partial charge on any atom is 0.267 e. The van der Waals surface area contributed by atoms with Gasteiger partial charge in [0.05, 0.1) is 11.6 Å². The standard InChI is InChI=1S/C24H26N4O2S/c1-3-27-12-13-28(24(30)22-17(2)25-26-31-22)16-21(23(27)29)15-18-8-7-11-20(14-18)19-9-5-4-6-10-19/h4-11,14,21H,3,12-13,15-16H2,1-2H3. The van der Waals surface area contributed by atoms with Gasteiger partial charge in [-0.3, -0.25) is 9.59 Å². The number of carbonyl (C=O) groups is 2. The third kappa shape index (κ3) is 4.66. The molecule has 1 atom stereocenters. The Balaban J connectivity index is 1.58. The van der Waals surface area contributed by atoms with Crippen LogP contribution < -0.4 is 0 Å². The van der Waals surface area contributed by atoms with E-state index in [9.17, 15) is 9.59 Å². The highest BCUT2D eigenvalue weighted by atomic mass is 32.1. The second kappa shape index (κ2) is 9.39. The number of aromatic nitrogens is 2. The van der Waals surface area contributed by atoms with Crippen molar-refractivity contribution in [2.24, 2.45) is 5.92 Å². The molecule has 160 valence electrons. The SMILES string of the molecule is CCN1CCN(C(=O)c2snnc2C)CC(Cc2cccc(-c3ccccc3)c2)C1=O. The van der Waals surface area contributed by atoms with Gasteiger partial charge in [0.1, 0.15) is 4.88 Å². The first kappa shape index (κ1) is 21.2. The van der Waals surface area contributed by atoms with Gasteiger partial charge in [-0.15, -0.1) is 5.10 Å². The molecule has 0 radical (unpaired) electrons. The lowest BCUT2D eigenvalue weighted by molar-refractivity contribution is -0.134. The van der Waals surface area contributed by atoms with Crippen LogP contribution in [0.5, 0.6) is 0 Å². The molecule has 0 spiro atoms. The van der Waals surface area contributed by atoms with Crippen molar-refractivity contribution >= 4 is 23.3 Å². The van der Waals surface area contributed by atoms with Gasteiger partial charge in [0.2, 0.25) is 5.91 Å². The van der Waals surface area contributed by atoms with Gasteiger partial charge in [-0.2, -0.15) is 0 Å². The molecule has 4 rings (SSSR count). The fraction of sp³-hybridized carbons (Fsp3) is 0.333. The highest BCUT2D eigenvalue weighted by Gasteiger charge is 2.33. The fourth-order valence-corrected chi connectivity index (χ4v) is 4.68. The summed E-state index contributed by atoms with van der Waals surface area (Å²) < 4.78 is 3.90. The van der Waals surface area contributed by atoms with Crippen LogP contribution in [-0.4, -0.2) is 57.4 Å². The van der Waals surface area contributed by atoms with Crippen molar-refractivity contribution in [3.8, 4) is 11.1 Å². The number of likely N-dealkylation sites (N-methyl/N-ethyl adjacent to an activating group) is 1. The van der Waals surface area contributed by atoms with E-state index >= 15 is 0 Å². The number of aryl methyl sites for hydroxylation is 1. The Kier molecular flexibility index (Phi) is 6.42. The van der Waals surface area contributed by atoms with Crippen molar-refractivity contribution in [2.45, 2.75) is 20.3 Å². The molecule has 1 saturated heterocycles. The van der Waals surface area contributed by atoms with E-state index in [1.54, 1.807) is 11.8 Å². The molecule has 0 bridgehead atoms. The van der Waals surface area contributed by atoms with Crippen LogP contribution in [0, 0.1) is 12.8 Å². The summed E-state index contributed by atoms with van der Waals surface area (Å²) in [7, 11) is 0. The van der Waals surface area contributed by atoms with E-state index in [1.807, 2.05) is 36.1 Å². The van der Waals surface area contributed by atoms with E-state index in [1.165, 1.54) is 0 Å². The van der Waals surface area contributed by atoms with E-state index in [4.69, 9.17) is 0 Å². The molecule has 1 aromatic heterocycles. The Hall–Kier alpha value is -3.06. The predicted octanol–water partition coefficient (Wildman–Crippen LogP) is 3.68. The van der Waals surface area contributed by atoms with Crippen LogP contribution in [0.4, 0.5) is 0 Å². The fourth-order valence-electron chi connectivity index (χ4n) is 4.06. The largest absolute Gasteiger partial charge is 0.341 e. The van der Waals surface area contributed by atoms with Gasteiger partial charge >= 0.3 is 0 Å². The molecule has 0 aliphatic carbocycles. The lowest BCUT2D eigenvalue weighted by atomic mass is 9.94. The van der Waals surface area contributed by atoms with E-state index in [-0.39, 0.29) is 17.7 Å². The quantitative estimate of drug-likeness (QED) is 0.614. The average molecular weight is 435 g/mol. The van der Waals surface area contributed by atoms with E-state index < -0.39 is 0 Å². The summed E-state index contributed by atoms with van der Waals surface area (Å²) >= 11 is 1.12. The minimum Gasteiger partial charge on any atom is -0.341 e. The topological polar surface area (TPSA) is 66.4 Å². The minimum absolute atomic E-state index is 0.0821. The summed E-state index contributed by atoms with van der Waals surface area (Å²) in [6, 6.07) is 18.5. The number of carbonyl (C=O) groups excluding carboxylic acids is 2. The van der Waals surface area contributed by atoms with Crippen molar-refractivity contribution in [1.29, 1.82) is 0 Å². The minimum atomic E-state index is -0.279.